The number of ether oxygens (including phenoxy) is 2. The van der Waals surface area contributed by atoms with E-state index in [-0.39, 0.29) is 18.5 Å². The minimum absolute atomic E-state index is 0.132. The van der Waals surface area contributed by atoms with Crippen LogP contribution in [-0.2, 0) is 6.61 Å². The Balaban J connectivity index is 2.13. The van der Waals surface area contributed by atoms with E-state index in [9.17, 15) is 4.39 Å². The van der Waals surface area contributed by atoms with E-state index in [1.807, 2.05) is 31.2 Å². The Kier molecular flexibility index (Phi) is 4.58. The topological polar surface area (TPSA) is 44.5 Å². The Labute approximate surface area is 118 Å². The van der Waals surface area contributed by atoms with E-state index >= 15 is 0 Å². The molecule has 0 radical (unpaired) electrons. The Bertz CT molecular complexity index is 584. The first-order chi connectivity index (χ1) is 9.61. The molecular weight excluding hydrogens is 257 g/mol. The number of methoxy groups -OCH3 is 1. The van der Waals surface area contributed by atoms with Gasteiger partial charge in [0, 0.05) is 23.2 Å². The molecule has 4 heteroatoms. The quantitative estimate of drug-likeness (QED) is 0.909. The normalized spacial score (nSPS) is 12.0. The predicted molar refractivity (Wildman–Crippen MR) is 76.3 cm³/mol. The molecule has 0 aliphatic heterocycles. The van der Waals surface area contributed by atoms with E-state index in [1.54, 1.807) is 12.1 Å². The monoisotopic (exact) mass is 275 g/mol. The number of halogens is 1. The summed E-state index contributed by atoms with van der Waals surface area (Å²) >= 11 is 0. The number of hydrogen-bond acceptors (Lipinski definition) is 3. The molecule has 0 amide bonds. The molecule has 2 N–H and O–H groups in total. The smallest absolute Gasteiger partial charge is 0.133 e. The third-order valence-corrected chi connectivity index (χ3v) is 3.05. The fourth-order valence-electron chi connectivity index (χ4n) is 1.92. The zero-order chi connectivity index (χ0) is 14.5. The highest BCUT2D eigenvalue weighted by Crippen LogP contribution is 2.25. The van der Waals surface area contributed by atoms with Crippen LogP contribution < -0.4 is 15.2 Å². The van der Waals surface area contributed by atoms with Gasteiger partial charge < -0.3 is 15.2 Å². The standard InChI is InChI=1S/C16H18FNO2/c1-11(18)14-5-3-4-6-16(14)20-10-12-7-8-13(19-2)9-15(12)17/h3-9,11H,10,18H2,1-2H3. The highest BCUT2D eigenvalue weighted by Gasteiger charge is 2.09. The van der Waals surface area contributed by atoms with Crippen LogP contribution >= 0.6 is 0 Å². The summed E-state index contributed by atoms with van der Waals surface area (Å²) in [5, 5.41) is 0. The van der Waals surface area contributed by atoms with Gasteiger partial charge in [0.05, 0.1) is 7.11 Å². The largest absolute Gasteiger partial charge is 0.497 e. The van der Waals surface area contributed by atoms with Gasteiger partial charge in [-0.3, -0.25) is 0 Å². The van der Waals surface area contributed by atoms with Crippen LogP contribution in [0.4, 0.5) is 4.39 Å². The number of benzene rings is 2. The summed E-state index contributed by atoms with van der Waals surface area (Å²) in [5.41, 5.74) is 7.26. The highest BCUT2D eigenvalue weighted by molar-refractivity contribution is 5.36. The zero-order valence-electron chi connectivity index (χ0n) is 11.6. The van der Waals surface area contributed by atoms with E-state index in [0.717, 1.165) is 5.56 Å². The van der Waals surface area contributed by atoms with Crippen molar-refractivity contribution < 1.29 is 13.9 Å². The van der Waals surface area contributed by atoms with Crippen LogP contribution in [0.1, 0.15) is 24.1 Å². The second kappa shape index (κ2) is 6.39. The molecule has 1 atom stereocenters. The molecule has 0 heterocycles. The average molecular weight is 275 g/mol. The Morgan fingerprint density at radius 3 is 2.60 bits per heavy atom. The van der Waals surface area contributed by atoms with E-state index in [0.29, 0.717) is 17.1 Å². The first-order valence-corrected chi connectivity index (χ1v) is 6.41. The lowest BCUT2D eigenvalue weighted by Gasteiger charge is -2.14. The second-order valence-corrected chi connectivity index (χ2v) is 4.57. The van der Waals surface area contributed by atoms with Crippen molar-refractivity contribution in [1.82, 2.24) is 0 Å². The van der Waals surface area contributed by atoms with Gasteiger partial charge in [-0.2, -0.15) is 0 Å². The molecule has 2 aromatic rings. The van der Waals surface area contributed by atoms with Crippen molar-refractivity contribution in [3.63, 3.8) is 0 Å². The molecule has 20 heavy (non-hydrogen) atoms. The van der Waals surface area contributed by atoms with Gasteiger partial charge in [-0.1, -0.05) is 18.2 Å². The Hall–Kier alpha value is -2.07. The van der Waals surface area contributed by atoms with Crippen molar-refractivity contribution in [2.45, 2.75) is 19.6 Å². The van der Waals surface area contributed by atoms with E-state index in [1.165, 1.54) is 13.2 Å². The maximum atomic E-state index is 13.8. The van der Waals surface area contributed by atoms with Crippen molar-refractivity contribution in [1.29, 1.82) is 0 Å². The first-order valence-electron chi connectivity index (χ1n) is 6.41. The van der Waals surface area contributed by atoms with Gasteiger partial charge in [-0.05, 0) is 25.1 Å². The van der Waals surface area contributed by atoms with Gasteiger partial charge in [0.25, 0.3) is 0 Å². The minimum Gasteiger partial charge on any atom is -0.497 e. The maximum absolute atomic E-state index is 13.8. The van der Waals surface area contributed by atoms with Crippen LogP contribution in [0.25, 0.3) is 0 Å². The Morgan fingerprint density at radius 2 is 1.95 bits per heavy atom. The lowest BCUT2D eigenvalue weighted by molar-refractivity contribution is 0.295. The van der Waals surface area contributed by atoms with E-state index in [2.05, 4.69) is 0 Å². The molecule has 2 aromatic carbocycles. The van der Waals surface area contributed by atoms with Gasteiger partial charge in [-0.25, -0.2) is 4.39 Å². The fourth-order valence-corrected chi connectivity index (χ4v) is 1.92. The lowest BCUT2D eigenvalue weighted by atomic mass is 10.1. The van der Waals surface area contributed by atoms with Crippen LogP contribution in [0.15, 0.2) is 42.5 Å². The number of hydrogen-bond donors (Lipinski definition) is 1. The molecule has 0 spiro atoms. The fraction of sp³-hybridized carbons (Fsp3) is 0.250. The van der Waals surface area contributed by atoms with Crippen molar-refractivity contribution in [3.8, 4) is 11.5 Å². The minimum atomic E-state index is -0.345. The molecule has 1 unspecified atom stereocenters. The molecule has 3 nitrogen and oxygen atoms in total. The van der Waals surface area contributed by atoms with Crippen LogP contribution in [0.2, 0.25) is 0 Å². The summed E-state index contributed by atoms with van der Waals surface area (Å²) in [6.45, 7) is 2.04. The molecule has 0 fully saturated rings. The summed E-state index contributed by atoms with van der Waals surface area (Å²) < 4.78 is 24.5. The van der Waals surface area contributed by atoms with Crippen molar-refractivity contribution in [2.75, 3.05) is 7.11 Å². The highest BCUT2D eigenvalue weighted by atomic mass is 19.1. The molecule has 106 valence electrons. The molecule has 0 saturated heterocycles. The second-order valence-electron chi connectivity index (χ2n) is 4.57. The molecule has 0 aliphatic rings. The molecular formula is C16H18FNO2. The van der Waals surface area contributed by atoms with Crippen molar-refractivity contribution in [2.24, 2.45) is 5.73 Å². The summed E-state index contributed by atoms with van der Waals surface area (Å²) in [4.78, 5) is 0. The summed E-state index contributed by atoms with van der Waals surface area (Å²) in [7, 11) is 1.50. The van der Waals surface area contributed by atoms with Crippen molar-refractivity contribution >= 4 is 0 Å². The van der Waals surface area contributed by atoms with Crippen molar-refractivity contribution in [3.05, 3.63) is 59.4 Å². The predicted octanol–water partition coefficient (Wildman–Crippen LogP) is 3.43. The molecule has 0 bridgehead atoms. The van der Waals surface area contributed by atoms with Crippen LogP contribution in [0, 0.1) is 5.82 Å². The SMILES string of the molecule is COc1ccc(COc2ccccc2C(C)N)c(F)c1. The van der Waals surface area contributed by atoms with Gasteiger partial charge in [0.1, 0.15) is 23.9 Å². The van der Waals surface area contributed by atoms with Gasteiger partial charge in [0.15, 0.2) is 0 Å². The van der Waals surface area contributed by atoms with Crippen LogP contribution in [-0.4, -0.2) is 7.11 Å². The molecule has 0 saturated carbocycles. The third-order valence-electron chi connectivity index (χ3n) is 3.05. The first kappa shape index (κ1) is 14.3. The number of para-hydroxylation sites is 1. The molecule has 0 aliphatic carbocycles. The molecule has 2 rings (SSSR count). The summed E-state index contributed by atoms with van der Waals surface area (Å²) in [6, 6.07) is 12.1. The van der Waals surface area contributed by atoms with Crippen LogP contribution in [0.3, 0.4) is 0 Å². The van der Waals surface area contributed by atoms with E-state index in [4.69, 9.17) is 15.2 Å². The average Bonchev–Trinajstić information content (AvgIpc) is 2.46. The van der Waals surface area contributed by atoms with Crippen LogP contribution in [0.5, 0.6) is 11.5 Å². The summed E-state index contributed by atoms with van der Waals surface area (Å²) in [6.07, 6.45) is 0. The third kappa shape index (κ3) is 3.27. The maximum Gasteiger partial charge on any atom is 0.133 e. The number of rotatable bonds is 5. The van der Waals surface area contributed by atoms with Gasteiger partial charge in [-0.15, -0.1) is 0 Å². The number of nitrogens with two attached hydrogens (primary N) is 1. The van der Waals surface area contributed by atoms with Gasteiger partial charge in [0.2, 0.25) is 0 Å². The molecule has 0 aromatic heterocycles. The van der Waals surface area contributed by atoms with Gasteiger partial charge >= 0.3 is 0 Å². The lowest BCUT2D eigenvalue weighted by Crippen LogP contribution is -2.08. The van der Waals surface area contributed by atoms with E-state index < -0.39 is 0 Å². The summed E-state index contributed by atoms with van der Waals surface area (Å²) in [5.74, 6) is 0.822. The zero-order valence-corrected chi connectivity index (χ0v) is 11.6. The Morgan fingerprint density at radius 1 is 1.20 bits per heavy atom.